The van der Waals surface area contributed by atoms with E-state index in [9.17, 15) is 4.79 Å². The maximum Gasteiger partial charge on any atom is 0.337 e. The van der Waals surface area contributed by atoms with Crippen LogP contribution >= 0.6 is 12.4 Å². The highest BCUT2D eigenvalue weighted by molar-refractivity contribution is 5.89. The fourth-order valence-corrected chi connectivity index (χ4v) is 2.20. The number of rotatable bonds is 5. The average Bonchev–Trinajstić information content (AvgIpc) is 2.55. The lowest BCUT2D eigenvalue weighted by Gasteiger charge is -2.09. The van der Waals surface area contributed by atoms with Crippen molar-refractivity contribution in [3.63, 3.8) is 0 Å². The molecule has 2 aromatic carbocycles. The summed E-state index contributed by atoms with van der Waals surface area (Å²) in [5, 5.41) is 0. The van der Waals surface area contributed by atoms with Gasteiger partial charge >= 0.3 is 5.97 Å². The first-order valence-electron chi connectivity index (χ1n) is 7.17. The number of ether oxygens (including phenoxy) is 1. The number of carbonyl (C=O) groups is 1. The van der Waals surface area contributed by atoms with Crippen LogP contribution < -0.4 is 5.73 Å². The van der Waals surface area contributed by atoms with Gasteiger partial charge in [0.2, 0.25) is 0 Å². The minimum atomic E-state index is -0.314. The summed E-state index contributed by atoms with van der Waals surface area (Å²) in [5.41, 5.74) is 9.98. The van der Waals surface area contributed by atoms with Crippen LogP contribution in [0.4, 0.5) is 0 Å². The minimum Gasteiger partial charge on any atom is -0.465 e. The van der Waals surface area contributed by atoms with E-state index < -0.39 is 0 Å². The molecule has 0 fully saturated rings. The third-order valence-electron chi connectivity index (χ3n) is 3.62. The number of carbonyl (C=O) groups excluding carboxylic acids is 1. The fourth-order valence-electron chi connectivity index (χ4n) is 2.20. The molecular formula is C18H22ClNO2. The van der Waals surface area contributed by atoms with E-state index in [4.69, 9.17) is 10.5 Å². The van der Waals surface area contributed by atoms with Crippen LogP contribution in [0.5, 0.6) is 0 Å². The van der Waals surface area contributed by atoms with Crippen molar-refractivity contribution in [2.45, 2.75) is 25.8 Å². The van der Waals surface area contributed by atoms with E-state index in [-0.39, 0.29) is 24.4 Å². The number of nitrogens with two attached hydrogens (primary N) is 1. The summed E-state index contributed by atoms with van der Waals surface area (Å²) in [7, 11) is 1.38. The van der Waals surface area contributed by atoms with Crippen molar-refractivity contribution in [2.24, 2.45) is 5.73 Å². The van der Waals surface area contributed by atoms with Crippen LogP contribution in [0.25, 0.3) is 11.1 Å². The number of esters is 1. The molecule has 3 nitrogen and oxygen atoms in total. The third-order valence-corrected chi connectivity index (χ3v) is 3.62. The molecule has 22 heavy (non-hydrogen) atoms. The van der Waals surface area contributed by atoms with E-state index in [0.29, 0.717) is 5.56 Å². The number of benzene rings is 2. The smallest absolute Gasteiger partial charge is 0.337 e. The first-order chi connectivity index (χ1) is 10.1. The molecule has 0 saturated carbocycles. The summed E-state index contributed by atoms with van der Waals surface area (Å²) in [6.07, 6.45) is 1.88. The molecule has 1 unspecified atom stereocenters. The van der Waals surface area contributed by atoms with Gasteiger partial charge in [0, 0.05) is 6.04 Å². The second-order valence-corrected chi connectivity index (χ2v) is 5.14. The largest absolute Gasteiger partial charge is 0.465 e. The van der Waals surface area contributed by atoms with Gasteiger partial charge < -0.3 is 10.5 Å². The Labute approximate surface area is 137 Å². The van der Waals surface area contributed by atoms with Gasteiger partial charge in [0.1, 0.15) is 0 Å². The summed E-state index contributed by atoms with van der Waals surface area (Å²) in [6, 6.07) is 16.0. The SMILES string of the molecule is CCC(N)Cc1ccc(-c2ccc(C(=O)OC)cc2)cc1.Cl. The van der Waals surface area contributed by atoms with E-state index in [0.717, 1.165) is 24.0 Å². The molecule has 1 atom stereocenters. The highest BCUT2D eigenvalue weighted by Gasteiger charge is 2.06. The quantitative estimate of drug-likeness (QED) is 0.852. The molecule has 0 aliphatic rings. The van der Waals surface area contributed by atoms with Crippen LogP contribution in [0.3, 0.4) is 0 Å². The number of hydrogen-bond acceptors (Lipinski definition) is 3. The molecule has 0 bridgehead atoms. The third kappa shape index (κ3) is 4.58. The van der Waals surface area contributed by atoms with E-state index in [1.807, 2.05) is 12.1 Å². The Bertz CT molecular complexity index is 593. The van der Waals surface area contributed by atoms with Crippen LogP contribution in [0.15, 0.2) is 48.5 Å². The van der Waals surface area contributed by atoms with Crippen molar-refractivity contribution in [1.82, 2.24) is 0 Å². The van der Waals surface area contributed by atoms with Crippen LogP contribution in [0, 0.1) is 0 Å². The number of halogens is 1. The summed E-state index contributed by atoms with van der Waals surface area (Å²) in [6.45, 7) is 2.10. The molecule has 118 valence electrons. The Morgan fingerprint density at radius 3 is 2.00 bits per heavy atom. The molecule has 2 N–H and O–H groups in total. The monoisotopic (exact) mass is 319 g/mol. The Balaban J connectivity index is 0.00000242. The lowest BCUT2D eigenvalue weighted by molar-refractivity contribution is 0.0601. The van der Waals surface area contributed by atoms with Crippen molar-refractivity contribution < 1.29 is 9.53 Å². The lowest BCUT2D eigenvalue weighted by Crippen LogP contribution is -2.21. The van der Waals surface area contributed by atoms with Gasteiger partial charge in [-0.2, -0.15) is 0 Å². The highest BCUT2D eigenvalue weighted by atomic mass is 35.5. The number of methoxy groups -OCH3 is 1. The standard InChI is InChI=1S/C18H21NO2.ClH/c1-3-17(19)12-13-4-6-14(7-5-13)15-8-10-16(11-9-15)18(20)21-2;/h4-11,17H,3,12,19H2,1-2H3;1H. The van der Waals surface area contributed by atoms with Gasteiger partial charge in [0.15, 0.2) is 0 Å². The zero-order valence-electron chi connectivity index (χ0n) is 12.9. The molecule has 0 aliphatic carbocycles. The van der Waals surface area contributed by atoms with E-state index in [1.165, 1.54) is 12.7 Å². The molecular weight excluding hydrogens is 298 g/mol. The predicted molar refractivity (Wildman–Crippen MR) is 92.4 cm³/mol. The maximum atomic E-state index is 11.4. The Morgan fingerprint density at radius 2 is 1.55 bits per heavy atom. The van der Waals surface area contributed by atoms with Crippen molar-refractivity contribution in [2.75, 3.05) is 7.11 Å². The Hall–Kier alpha value is -1.84. The Morgan fingerprint density at radius 1 is 1.05 bits per heavy atom. The van der Waals surface area contributed by atoms with Gasteiger partial charge in [-0.05, 0) is 41.7 Å². The molecule has 0 radical (unpaired) electrons. The topological polar surface area (TPSA) is 52.3 Å². The second-order valence-electron chi connectivity index (χ2n) is 5.14. The minimum absolute atomic E-state index is 0. The summed E-state index contributed by atoms with van der Waals surface area (Å²) < 4.78 is 4.69. The molecule has 2 aromatic rings. The molecule has 0 aliphatic heterocycles. The zero-order valence-corrected chi connectivity index (χ0v) is 13.7. The van der Waals surface area contributed by atoms with Gasteiger partial charge in [-0.25, -0.2) is 4.79 Å². The molecule has 0 saturated heterocycles. The first-order valence-corrected chi connectivity index (χ1v) is 7.17. The second kappa shape index (κ2) is 8.57. The molecule has 4 heteroatoms. The first kappa shape index (κ1) is 18.2. The van der Waals surface area contributed by atoms with Gasteiger partial charge in [0.25, 0.3) is 0 Å². The molecule has 0 aromatic heterocycles. The van der Waals surface area contributed by atoms with E-state index in [1.54, 1.807) is 12.1 Å². The summed E-state index contributed by atoms with van der Waals surface area (Å²) in [5.74, 6) is -0.314. The summed E-state index contributed by atoms with van der Waals surface area (Å²) in [4.78, 5) is 11.4. The molecule has 0 spiro atoms. The lowest BCUT2D eigenvalue weighted by atomic mass is 9.99. The Kier molecular flexibility index (Phi) is 7.09. The van der Waals surface area contributed by atoms with Crippen molar-refractivity contribution >= 4 is 18.4 Å². The van der Waals surface area contributed by atoms with Crippen LogP contribution in [0.2, 0.25) is 0 Å². The van der Waals surface area contributed by atoms with Gasteiger partial charge in [0.05, 0.1) is 12.7 Å². The van der Waals surface area contributed by atoms with Gasteiger partial charge in [-0.15, -0.1) is 12.4 Å². The molecule has 0 heterocycles. The van der Waals surface area contributed by atoms with E-state index in [2.05, 4.69) is 31.2 Å². The van der Waals surface area contributed by atoms with Crippen molar-refractivity contribution in [1.29, 1.82) is 0 Å². The highest BCUT2D eigenvalue weighted by Crippen LogP contribution is 2.21. The predicted octanol–water partition coefficient (Wildman–Crippen LogP) is 3.84. The zero-order chi connectivity index (χ0) is 15.2. The van der Waals surface area contributed by atoms with Crippen molar-refractivity contribution in [3.8, 4) is 11.1 Å². The molecule has 2 rings (SSSR count). The summed E-state index contributed by atoms with van der Waals surface area (Å²) >= 11 is 0. The van der Waals surface area contributed by atoms with Crippen molar-refractivity contribution in [3.05, 3.63) is 59.7 Å². The fraction of sp³-hybridized carbons (Fsp3) is 0.278. The normalized spacial score (nSPS) is 11.4. The van der Waals surface area contributed by atoms with Crippen LogP contribution in [0.1, 0.15) is 29.3 Å². The molecule has 0 amide bonds. The maximum absolute atomic E-state index is 11.4. The van der Waals surface area contributed by atoms with Gasteiger partial charge in [-0.1, -0.05) is 43.3 Å². The van der Waals surface area contributed by atoms with E-state index >= 15 is 0 Å². The van der Waals surface area contributed by atoms with Crippen LogP contribution in [-0.4, -0.2) is 19.1 Å². The number of hydrogen-bond donors (Lipinski definition) is 1. The van der Waals surface area contributed by atoms with Gasteiger partial charge in [-0.3, -0.25) is 0 Å². The van der Waals surface area contributed by atoms with Crippen LogP contribution in [-0.2, 0) is 11.2 Å². The average molecular weight is 320 g/mol.